The number of hydrogen-bond acceptors (Lipinski definition) is 4. The number of imidazole rings is 1. The van der Waals surface area contributed by atoms with Crippen molar-refractivity contribution in [1.29, 1.82) is 0 Å². The Labute approximate surface area is 148 Å². The fraction of sp³-hybridized carbons (Fsp3) is 0.105. The lowest BCUT2D eigenvalue weighted by Gasteiger charge is -2.10. The molecular formula is C19H15F2N5. The van der Waals surface area contributed by atoms with E-state index in [-0.39, 0.29) is 11.5 Å². The Morgan fingerprint density at radius 2 is 1.65 bits per heavy atom. The summed E-state index contributed by atoms with van der Waals surface area (Å²) >= 11 is 0. The summed E-state index contributed by atoms with van der Waals surface area (Å²) in [5, 5.41) is 2.74. The van der Waals surface area contributed by atoms with E-state index in [9.17, 15) is 8.78 Å². The van der Waals surface area contributed by atoms with Crippen molar-refractivity contribution in [2.24, 2.45) is 7.05 Å². The molecule has 0 radical (unpaired) electrons. The highest BCUT2D eigenvalue weighted by molar-refractivity contribution is 5.87. The minimum absolute atomic E-state index is 0.246. The SMILES string of the molecule is Cc1ccc(-c2nc(Nc3c(F)cccc3F)c3ncn(C)c3n2)cc1. The van der Waals surface area contributed by atoms with Crippen molar-refractivity contribution in [1.82, 2.24) is 19.5 Å². The minimum atomic E-state index is -0.704. The van der Waals surface area contributed by atoms with Crippen molar-refractivity contribution < 1.29 is 8.78 Å². The monoisotopic (exact) mass is 351 g/mol. The maximum absolute atomic E-state index is 14.0. The second kappa shape index (κ2) is 6.18. The van der Waals surface area contributed by atoms with Gasteiger partial charge in [0, 0.05) is 12.6 Å². The molecular weight excluding hydrogens is 336 g/mol. The largest absolute Gasteiger partial charge is 0.333 e. The van der Waals surface area contributed by atoms with Crippen LogP contribution in [-0.4, -0.2) is 19.5 Å². The third kappa shape index (κ3) is 2.77. The lowest BCUT2D eigenvalue weighted by molar-refractivity contribution is 0.590. The topological polar surface area (TPSA) is 55.6 Å². The first-order valence-corrected chi connectivity index (χ1v) is 8.00. The second-order valence-corrected chi connectivity index (χ2v) is 6.01. The number of para-hydroxylation sites is 1. The van der Waals surface area contributed by atoms with Crippen LogP contribution in [0.1, 0.15) is 5.56 Å². The summed E-state index contributed by atoms with van der Waals surface area (Å²) in [6.07, 6.45) is 1.58. The van der Waals surface area contributed by atoms with Gasteiger partial charge in [-0.15, -0.1) is 0 Å². The first kappa shape index (κ1) is 16.1. The zero-order valence-electron chi connectivity index (χ0n) is 14.2. The van der Waals surface area contributed by atoms with Crippen LogP contribution in [0.2, 0.25) is 0 Å². The van der Waals surface area contributed by atoms with E-state index in [2.05, 4.69) is 20.3 Å². The molecule has 0 aliphatic heterocycles. The fourth-order valence-corrected chi connectivity index (χ4v) is 2.66. The standard InChI is InChI=1S/C19H15F2N5/c1-11-6-8-12(9-7-11)17-24-18(16-19(25-17)26(2)10-22-16)23-15-13(20)4-3-5-14(15)21/h3-10H,1-2H3,(H,23,24,25). The number of aromatic nitrogens is 4. The molecule has 4 aromatic rings. The van der Waals surface area contributed by atoms with Crippen LogP contribution in [0.5, 0.6) is 0 Å². The first-order valence-electron chi connectivity index (χ1n) is 8.00. The smallest absolute Gasteiger partial charge is 0.165 e. The summed E-state index contributed by atoms with van der Waals surface area (Å²) in [5.74, 6) is -0.718. The fourth-order valence-electron chi connectivity index (χ4n) is 2.66. The highest BCUT2D eigenvalue weighted by Crippen LogP contribution is 2.28. The van der Waals surface area contributed by atoms with Crippen LogP contribution in [0, 0.1) is 18.6 Å². The number of nitrogens with one attached hydrogen (secondary N) is 1. The predicted octanol–water partition coefficient (Wildman–Crippen LogP) is 4.36. The maximum Gasteiger partial charge on any atom is 0.165 e. The van der Waals surface area contributed by atoms with Crippen LogP contribution < -0.4 is 5.32 Å². The van der Waals surface area contributed by atoms with Gasteiger partial charge in [-0.1, -0.05) is 35.9 Å². The number of anilines is 2. The van der Waals surface area contributed by atoms with Crippen molar-refractivity contribution in [2.45, 2.75) is 6.92 Å². The Kier molecular flexibility index (Phi) is 3.84. The van der Waals surface area contributed by atoms with Crippen LogP contribution in [-0.2, 0) is 7.05 Å². The molecule has 2 heterocycles. The zero-order chi connectivity index (χ0) is 18.3. The van der Waals surface area contributed by atoms with Gasteiger partial charge >= 0.3 is 0 Å². The number of hydrogen-bond donors (Lipinski definition) is 1. The van der Waals surface area contributed by atoms with Crippen LogP contribution in [0.25, 0.3) is 22.6 Å². The van der Waals surface area contributed by atoms with E-state index in [0.717, 1.165) is 11.1 Å². The minimum Gasteiger partial charge on any atom is -0.333 e. The molecule has 7 heteroatoms. The molecule has 2 aromatic heterocycles. The van der Waals surface area contributed by atoms with Crippen molar-refractivity contribution in [3.63, 3.8) is 0 Å². The summed E-state index contributed by atoms with van der Waals surface area (Å²) in [5.41, 5.74) is 2.65. The quantitative estimate of drug-likeness (QED) is 0.596. The average Bonchev–Trinajstić information content (AvgIpc) is 3.00. The van der Waals surface area contributed by atoms with Crippen LogP contribution in [0.4, 0.5) is 20.3 Å². The summed E-state index contributed by atoms with van der Waals surface area (Å²) in [6, 6.07) is 11.4. The van der Waals surface area contributed by atoms with Crippen molar-refractivity contribution in [3.05, 3.63) is 66.0 Å². The van der Waals surface area contributed by atoms with Gasteiger partial charge in [0.2, 0.25) is 0 Å². The number of halogens is 2. The van der Waals surface area contributed by atoms with E-state index in [1.807, 2.05) is 31.2 Å². The van der Waals surface area contributed by atoms with E-state index in [4.69, 9.17) is 0 Å². The Balaban J connectivity index is 1.89. The Morgan fingerprint density at radius 3 is 2.35 bits per heavy atom. The Hall–Kier alpha value is -3.35. The molecule has 0 saturated heterocycles. The zero-order valence-corrected chi connectivity index (χ0v) is 14.2. The number of rotatable bonds is 3. The molecule has 26 heavy (non-hydrogen) atoms. The van der Waals surface area contributed by atoms with Crippen molar-refractivity contribution in [3.8, 4) is 11.4 Å². The molecule has 0 fully saturated rings. The number of aryl methyl sites for hydroxylation is 2. The van der Waals surface area contributed by atoms with Crippen molar-refractivity contribution in [2.75, 3.05) is 5.32 Å². The molecule has 4 rings (SSSR count). The van der Waals surface area contributed by atoms with Gasteiger partial charge in [-0.05, 0) is 19.1 Å². The molecule has 0 bridgehead atoms. The van der Waals surface area contributed by atoms with E-state index in [1.165, 1.54) is 18.2 Å². The number of nitrogens with zero attached hydrogens (tertiary/aromatic N) is 4. The molecule has 0 atom stereocenters. The van der Waals surface area contributed by atoms with Gasteiger partial charge in [-0.25, -0.2) is 23.7 Å². The van der Waals surface area contributed by atoms with Gasteiger partial charge in [0.1, 0.15) is 17.3 Å². The molecule has 5 nitrogen and oxygen atoms in total. The highest BCUT2D eigenvalue weighted by Gasteiger charge is 2.16. The van der Waals surface area contributed by atoms with Crippen LogP contribution in [0.3, 0.4) is 0 Å². The average molecular weight is 351 g/mol. The molecule has 0 spiro atoms. The molecule has 0 saturated carbocycles. The summed E-state index contributed by atoms with van der Waals surface area (Å²) < 4.78 is 29.8. The molecule has 2 aromatic carbocycles. The summed E-state index contributed by atoms with van der Waals surface area (Å²) in [7, 11) is 1.80. The van der Waals surface area contributed by atoms with Gasteiger partial charge in [-0.3, -0.25) is 0 Å². The van der Waals surface area contributed by atoms with E-state index in [0.29, 0.717) is 17.0 Å². The van der Waals surface area contributed by atoms with Crippen LogP contribution >= 0.6 is 0 Å². The lowest BCUT2D eigenvalue weighted by atomic mass is 10.1. The predicted molar refractivity (Wildman–Crippen MR) is 96.1 cm³/mol. The van der Waals surface area contributed by atoms with E-state index in [1.54, 1.807) is 17.9 Å². The lowest BCUT2D eigenvalue weighted by Crippen LogP contribution is -2.03. The molecule has 0 aliphatic rings. The normalized spacial score (nSPS) is 11.1. The van der Waals surface area contributed by atoms with Gasteiger partial charge in [0.25, 0.3) is 0 Å². The highest BCUT2D eigenvalue weighted by atomic mass is 19.1. The van der Waals surface area contributed by atoms with Crippen molar-refractivity contribution >= 4 is 22.7 Å². The molecule has 130 valence electrons. The first-order chi connectivity index (χ1) is 12.5. The van der Waals surface area contributed by atoms with Crippen LogP contribution in [0.15, 0.2) is 48.8 Å². The van der Waals surface area contributed by atoms with Gasteiger partial charge in [0.15, 0.2) is 22.8 Å². The second-order valence-electron chi connectivity index (χ2n) is 6.01. The third-order valence-corrected chi connectivity index (χ3v) is 4.08. The van der Waals surface area contributed by atoms with Gasteiger partial charge in [0.05, 0.1) is 6.33 Å². The van der Waals surface area contributed by atoms with E-state index < -0.39 is 11.6 Å². The van der Waals surface area contributed by atoms with Gasteiger partial charge in [-0.2, -0.15) is 0 Å². The maximum atomic E-state index is 14.0. The number of benzene rings is 2. The molecule has 0 aliphatic carbocycles. The molecule has 0 unspecified atom stereocenters. The Bertz CT molecular complexity index is 1080. The third-order valence-electron chi connectivity index (χ3n) is 4.08. The molecule has 1 N–H and O–H groups in total. The van der Waals surface area contributed by atoms with Gasteiger partial charge < -0.3 is 9.88 Å². The number of fused-ring (bicyclic) bond motifs is 1. The summed E-state index contributed by atoms with van der Waals surface area (Å²) in [6.45, 7) is 1.99. The molecule has 0 amide bonds. The Morgan fingerprint density at radius 1 is 0.962 bits per heavy atom. The summed E-state index contributed by atoms with van der Waals surface area (Å²) in [4.78, 5) is 13.3. The van der Waals surface area contributed by atoms with E-state index >= 15 is 0 Å².